The smallest absolute Gasteiger partial charge is 0.255 e. The SMILES string of the molecule is O=C(Nc1cc2c3c(c1)[C@@H]1CCC[C@@H]1CN3C[C@H]1CCC[C@@H]21)c1ccc(Cl)cc1. The normalized spacial score (nSPS) is 29.2. The Morgan fingerprint density at radius 3 is 2.07 bits per heavy atom. The van der Waals surface area contributed by atoms with E-state index in [0.29, 0.717) is 22.4 Å². The number of anilines is 2. The summed E-state index contributed by atoms with van der Waals surface area (Å²) >= 11 is 5.98. The maximum Gasteiger partial charge on any atom is 0.255 e. The average Bonchev–Trinajstić information content (AvgIpc) is 3.38. The Kier molecular flexibility index (Phi) is 4.16. The van der Waals surface area contributed by atoms with Crippen LogP contribution in [0.5, 0.6) is 0 Å². The lowest BCUT2D eigenvalue weighted by atomic mass is 9.75. The van der Waals surface area contributed by atoms with Crippen LogP contribution < -0.4 is 10.2 Å². The number of fused-ring (bicyclic) bond motifs is 4. The van der Waals surface area contributed by atoms with E-state index in [9.17, 15) is 4.79 Å². The molecule has 6 rings (SSSR count). The molecule has 2 saturated carbocycles. The van der Waals surface area contributed by atoms with Crippen molar-refractivity contribution in [3.63, 3.8) is 0 Å². The number of halogens is 1. The van der Waals surface area contributed by atoms with Crippen LogP contribution in [0.4, 0.5) is 11.4 Å². The molecular formula is C25H27ClN2O. The number of benzene rings is 2. The number of carbonyl (C=O) groups is 1. The quantitative estimate of drug-likeness (QED) is 0.644. The molecule has 3 nitrogen and oxygen atoms in total. The van der Waals surface area contributed by atoms with E-state index < -0.39 is 0 Å². The number of nitrogens with zero attached hydrogens (tertiary/aromatic N) is 1. The number of hydrogen-bond acceptors (Lipinski definition) is 2. The monoisotopic (exact) mass is 406 g/mol. The predicted molar refractivity (Wildman–Crippen MR) is 118 cm³/mol. The molecule has 4 heteroatoms. The molecule has 2 fully saturated rings. The van der Waals surface area contributed by atoms with Crippen molar-refractivity contribution in [2.24, 2.45) is 11.8 Å². The van der Waals surface area contributed by atoms with Crippen molar-refractivity contribution in [1.82, 2.24) is 0 Å². The van der Waals surface area contributed by atoms with Gasteiger partial charge < -0.3 is 10.2 Å². The second-order valence-electron chi connectivity index (χ2n) is 9.46. The minimum absolute atomic E-state index is 0.0526. The fraction of sp³-hybridized carbons (Fsp3) is 0.480. The lowest BCUT2D eigenvalue weighted by Crippen LogP contribution is -2.43. The third-order valence-electron chi connectivity index (χ3n) is 7.88. The minimum Gasteiger partial charge on any atom is -0.370 e. The summed E-state index contributed by atoms with van der Waals surface area (Å²) in [4.78, 5) is 15.6. The molecule has 0 radical (unpaired) electrons. The van der Waals surface area contributed by atoms with Crippen LogP contribution in [0.1, 0.15) is 71.8 Å². The topological polar surface area (TPSA) is 32.3 Å². The second kappa shape index (κ2) is 6.77. The summed E-state index contributed by atoms with van der Waals surface area (Å²) in [7, 11) is 0. The summed E-state index contributed by atoms with van der Waals surface area (Å²) in [5, 5.41) is 3.85. The molecular weight excluding hydrogens is 380 g/mol. The number of amides is 1. The Labute approximate surface area is 177 Å². The lowest BCUT2D eigenvalue weighted by Gasteiger charge is -2.46. The molecule has 0 bridgehead atoms. The zero-order valence-electron chi connectivity index (χ0n) is 16.7. The van der Waals surface area contributed by atoms with Crippen LogP contribution in [0.2, 0.25) is 5.02 Å². The Morgan fingerprint density at radius 1 is 0.897 bits per heavy atom. The van der Waals surface area contributed by atoms with E-state index in [1.807, 2.05) is 0 Å². The largest absolute Gasteiger partial charge is 0.370 e. The molecule has 2 heterocycles. The first kappa shape index (κ1) is 17.8. The van der Waals surface area contributed by atoms with Crippen molar-refractivity contribution >= 4 is 28.9 Å². The van der Waals surface area contributed by atoms with Gasteiger partial charge in [0.05, 0.1) is 0 Å². The van der Waals surface area contributed by atoms with Crippen molar-refractivity contribution in [3.05, 3.63) is 58.1 Å². The molecule has 0 unspecified atom stereocenters. The van der Waals surface area contributed by atoms with Gasteiger partial charge in [0.1, 0.15) is 0 Å². The first-order chi connectivity index (χ1) is 14.2. The van der Waals surface area contributed by atoms with Crippen LogP contribution in [-0.4, -0.2) is 19.0 Å². The molecule has 0 saturated heterocycles. The van der Waals surface area contributed by atoms with E-state index in [0.717, 1.165) is 17.5 Å². The Morgan fingerprint density at radius 2 is 1.48 bits per heavy atom. The molecule has 1 amide bonds. The molecule has 0 spiro atoms. The highest BCUT2D eigenvalue weighted by Gasteiger charge is 2.44. The van der Waals surface area contributed by atoms with E-state index in [4.69, 9.17) is 11.6 Å². The van der Waals surface area contributed by atoms with Crippen molar-refractivity contribution in [1.29, 1.82) is 0 Å². The maximum atomic E-state index is 12.9. The molecule has 0 aromatic heterocycles. The van der Waals surface area contributed by atoms with Gasteiger partial charge in [0.15, 0.2) is 0 Å². The van der Waals surface area contributed by atoms with Crippen LogP contribution in [0, 0.1) is 11.8 Å². The van der Waals surface area contributed by atoms with E-state index in [2.05, 4.69) is 22.3 Å². The molecule has 2 aliphatic carbocycles. The Hall–Kier alpha value is -2.00. The molecule has 150 valence electrons. The number of nitrogens with one attached hydrogen (secondary N) is 1. The standard InChI is InChI=1S/C25H27ClN2O/c26-18-9-7-15(8-10-18)25(29)27-19-11-22-20-5-1-3-16(20)13-28-14-17-4-2-6-21(17)23(12-19)24(22)28/h7-12,16-17,20-21H,1-6,13-14H2,(H,27,29)/t16-,17-,20-,21-/m1/s1. The van der Waals surface area contributed by atoms with Crippen LogP contribution in [0.25, 0.3) is 0 Å². The first-order valence-corrected chi connectivity index (χ1v) is 11.5. The van der Waals surface area contributed by atoms with Gasteiger partial charge in [-0.1, -0.05) is 24.4 Å². The highest BCUT2D eigenvalue weighted by molar-refractivity contribution is 6.30. The van der Waals surface area contributed by atoms with E-state index in [-0.39, 0.29) is 5.91 Å². The van der Waals surface area contributed by atoms with Crippen molar-refractivity contribution in [2.45, 2.75) is 50.4 Å². The summed E-state index contributed by atoms with van der Waals surface area (Å²) in [5.74, 6) is 2.87. The molecule has 1 N–H and O–H groups in total. The van der Waals surface area contributed by atoms with Gasteiger partial charge in [-0.3, -0.25) is 4.79 Å². The predicted octanol–water partition coefficient (Wildman–Crippen LogP) is 6.19. The molecule has 29 heavy (non-hydrogen) atoms. The fourth-order valence-electron chi connectivity index (χ4n) is 6.64. The number of rotatable bonds is 2. The van der Waals surface area contributed by atoms with Crippen LogP contribution in [-0.2, 0) is 0 Å². The third-order valence-corrected chi connectivity index (χ3v) is 8.13. The van der Waals surface area contributed by atoms with Gasteiger partial charge in [0, 0.05) is 35.1 Å². The van der Waals surface area contributed by atoms with Crippen LogP contribution >= 0.6 is 11.6 Å². The molecule has 4 atom stereocenters. The van der Waals surface area contributed by atoms with Gasteiger partial charge in [-0.15, -0.1) is 0 Å². The molecule has 2 aliphatic heterocycles. The van der Waals surface area contributed by atoms with Gasteiger partial charge in [-0.2, -0.15) is 0 Å². The Bertz CT molecular complexity index is 924. The first-order valence-electron chi connectivity index (χ1n) is 11.2. The van der Waals surface area contributed by atoms with Gasteiger partial charge in [-0.05, 0) is 96.9 Å². The van der Waals surface area contributed by atoms with E-state index in [1.54, 1.807) is 24.3 Å². The molecule has 2 aromatic rings. The highest BCUT2D eigenvalue weighted by Crippen LogP contribution is 2.56. The third kappa shape index (κ3) is 2.89. The summed E-state index contributed by atoms with van der Waals surface area (Å²) < 4.78 is 0. The lowest BCUT2D eigenvalue weighted by molar-refractivity contribution is 0.102. The zero-order valence-corrected chi connectivity index (χ0v) is 17.4. The van der Waals surface area contributed by atoms with Crippen LogP contribution in [0.15, 0.2) is 36.4 Å². The van der Waals surface area contributed by atoms with Gasteiger partial charge in [-0.25, -0.2) is 0 Å². The zero-order chi connectivity index (χ0) is 19.5. The fourth-order valence-corrected chi connectivity index (χ4v) is 6.77. The second-order valence-corrected chi connectivity index (χ2v) is 9.90. The van der Waals surface area contributed by atoms with Gasteiger partial charge in [0.25, 0.3) is 5.91 Å². The number of carbonyl (C=O) groups excluding carboxylic acids is 1. The summed E-state index contributed by atoms with van der Waals surface area (Å²) in [5.41, 5.74) is 6.17. The van der Waals surface area contributed by atoms with E-state index in [1.165, 1.54) is 68.4 Å². The summed E-state index contributed by atoms with van der Waals surface area (Å²) in [6, 6.07) is 11.7. The summed E-state index contributed by atoms with van der Waals surface area (Å²) in [6.45, 7) is 2.48. The van der Waals surface area contributed by atoms with Crippen molar-refractivity contribution < 1.29 is 4.79 Å². The van der Waals surface area contributed by atoms with Crippen LogP contribution in [0.3, 0.4) is 0 Å². The Balaban J connectivity index is 1.41. The minimum atomic E-state index is -0.0526. The number of hydrogen-bond donors (Lipinski definition) is 1. The van der Waals surface area contributed by atoms with E-state index >= 15 is 0 Å². The molecule has 4 aliphatic rings. The average molecular weight is 407 g/mol. The maximum absolute atomic E-state index is 12.9. The van der Waals surface area contributed by atoms with Crippen molar-refractivity contribution in [3.8, 4) is 0 Å². The van der Waals surface area contributed by atoms with Gasteiger partial charge in [0.2, 0.25) is 0 Å². The molecule has 2 aromatic carbocycles. The summed E-state index contributed by atoms with van der Waals surface area (Å²) in [6.07, 6.45) is 7.98. The highest BCUT2D eigenvalue weighted by atomic mass is 35.5. The van der Waals surface area contributed by atoms with Crippen molar-refractivity contribution in [2.75, 3.05) is 23.3 Å². The van der Waals surface area contributed by atoms with Gasteiger partial charge >= 0.3 is 0 Å².